The molecule has 1 aliphatic rings. The fraction of sp³-hybridized carbons (Fsp3) is 1.00. The van der Waals surface area contributed by atoms with Crippen molar-refractivity contribution in [1.29, 1.82) is 0 Å². The first-order chi connectivity index (χ1) is 8.65. The minimum atomic E-state index is 0.787. The van der Waals surface area contributed by atoms with Crippen LogP contribution in [0.4, 0.5) is 0 Å². The first-order valence-corrected chi connectivity index (χ1v) is 8.09. The van der Waals surface area contributed by atoms with Crippen LogP contribution in [0.3, 0.4) is 0 Å². The van der Waals surface area contributed by atoms with Crippen LogP contribution in [0.1, 0.15) is 65.7 Å². The lowest BCUT2D eigenvalue weighted by Gasteiger charge is -2.28. The maximum atomic E-state index is 5.71. The van der Waals surface area contributed by atoms with E-state index in [9.17, 15) is 0 Å². The molecule has 0 bridgehead atoms. The van der Waals surface area contributed by atoms with Gasteiger partial charge in [0.25, 0.3) is 0 Å². The highest BCUT2D eigenvalue weighted by atomic mass is 15.1. The number of nitrogens with zero attached hydrogens (tertiary/aromatic N) is 1. The lowest BCUT2D eigenvalue weighted by molar-refractivity contribution is 0.199. The Morgan fingerprint density at radius 2 is 1.94 bits per heavy atom. The minimum Gasteiger partial charge on any atom is -0.330 e. The van der Waals surface area contributed by atoms with E-state index in [1.165, 1.54) is 58.0 Å². The third-order valence-corrected chi connectivity index (χ3v) is 4.69. The Morgan fingerprint density at radius 1 is 1.17 bits per heavy atom. The van der Waals surface area contributed by atoms with E-state index in [0.29, 0.717) is 0 Å². The van der Waals surface area contributed by atoms with Gasteiger partial charge in [0, 0.05) is 6.04 Å². The predicted molar refractivity (Wildman–Crippen MR) is 80.7 cm³/mol. The summed E-state index contributed by atoms with van der Waals surface area (Å²) in [4.78, 5) is 2.72. The van der Waals surface area contributed by atoms with Crippen molar-refractivity contribution in [3.05, 3.63) is 0 Å². The van der Waals surface area contributed by atoms with Crippen LogP contribution in [0.2, 0.25) is 0 Å². The smallest absolute Gasteiger partial charge is 0.00669 e. The summed E-state index contributed by atoms with van der Waals surface area (Å²) in [5.74, 6) is 1.62. The van der Waals surface area contributed by atoms with Crippen molar-refractivity contribution in [3.63, 3.8) is 0 Å². The molecule has 1 aliphatic heterocycles. The lowest BCUT2D eigenvalue weighted by Crippen LogP contribution is -2.33. The highest BCUT2D eigenvalue weighted by molar-refractivity contribution is 4.72. The van der Waals surface area contributed by atoms with E-state index in [1.54, 1.807) is 0 Å². The second kappa shape index (κ2) is 8.92. The molecule has 0 aliphatic carbocycles. The van der Waals surface area contributed by atoms with Gasteiger partial charge in [-0.15, -0.1) is 0 Å². The Hall–Kier alpha value is -0.0800. The van der Waals surface area contributed by atoms with E-state index in [-0.39, 0.29) is 0 Å². The summed E-state index contributed by atoms with van der Waals surface area (Å²) in [6, 6.07) is 0.805. The molecule has 1 heterocycles. The van der Waals surface area contributed by atoms with Gasteiger partial charge in [-0.25, -0.2) is 0 Å². The van der Waals surface area contributed by atoms with E-state index in [4.69, 9.17) is 5.73 Å². The van der Waals surface area contributed by atoms with E-state index < -0.39 is 0 Å². The van der Waals surface area contributed by atoms with E-state index in [2.05, 4.69) is 25.7 Å². The molecule has 0 spiro atoms. The van der Waals surface area contributed by atoms with Crippen molar-refractivity contribution >= 4 is 0 Å². The van der Waals surface area contributed by atoms with Crippen LogP contribution in [0.25, 0.3) is 0 Å². The van der Waals surface area contributed by atoms with Gasteiger partial charge in [0.2, 0.25) is 0 Å². The molecule has 0 aromatic heterocycles. The van der Waals surface area contributed by atoms with Gasteiger partial charge in [0.05, 0.1) is 0 Å². The molecule has 18 heavy (non-hydrogen) atoms. The molecule has 0 radical (unpaired) electrons. The molecule has 0 amide bonds. The van der Waals surface area contributed by atoms with Gasteiger partial charge < -0.3 is 10.6 Å². The van der Waals surface area contributed by atoms with Crippen molar-refractivity contribution in [1.82, 2.24) is 4.90 Å². The summed E-state index contributed by atoms with van der Waals surface area (Å²) in [5.41, 5.74) is 5.71. The molecule has 0 aromatic rings. The van der Waals surface area contributed by atoms with Gasteiger partial charge in [0.1, 0.15) is 0 Å². The van der Waals surface area contributed by atoms with Crippen molar-refractivity contribution in [2.75, 3.05) is 19.6 Å². The van der Waals surface area contributed by atoms with Crippen LogP contribution in [-0.4, -0.2) is 30.6 Å². The molecule has 1 rings (SSSR count). The largest absolute Gasteiger partial charge is 0.330 e. The van der Waals surface area contributed by atoms with Crippen LogP contribution in [0, 0.1) is 11.8 Å². The monoisotopic (exact) mass is 254 g/mol. The molecule has 2 atom stereocenters. The summed E-state index contributed by atoms with van der Waals surface area (Å²) < 4.78 is 0. The van der Waals surface area contributed by atoms with Crippen molar-refractivity contribution in [2.24, 2.45) is 17.6 Å². The Morgan fingerprint density at radius 3 is 2.61 bits per heavy atom. The zero-order chi connectivity index (χ0) is 13.4. The molecule has 2 nitrogen and oxygen atoms in total. The number of hydrogen-bond acceptors (Lipinski definition) is 2. The van der Waals surface area contributed by atoms with E-state index in [1.807, 2.05) is 0 Å². The predicted octanol–water partition coefficient (Wildman–Crippen LogP) is 3.65. The fourth-order valence-electron chi connectivity index (χ4n) is 3.25. The van der Waals surface area contributed by atoms with Crippen molar-refractivity contribution < 1.29 is 0 Å². The third kappa shape index (κ3) is 5.71. The van der Waals surface area contributed by atoms with Gasteiger partial charge in [-0.05, 0) is 70.5 Å². The maximum Gasteiger partial charge on any atom is 0.00669 e. The van der Waals surface area contributed by atoms with Gasteiger partial charge in [0.15, 0.2) is 0 Å². The number of hydrogen-bond donors (Lipinski definition) is 1. The highest BCUT2D eigenvalue weighted by Gasteiger charge is 2.17. The normalized spacial score (nSPS) is 24.2. The second-order valence-corrected chi connectivity index (χ2v) is 6.46. The molecule has 0 saturated carbocycles. The summed E-state index contributed by atoms with van der Waals surface area (Å²) in [6.45, 7) is 10.6. The Kier molecular flexibility index (Phi) is 7.92. The van der Waals surface area contributed by atoms with Gasteiger partial charge in [-0.2, -0.15) is 0 Å². The van der Waals surface area contributed by atoms with Gasteiger partial charge in [-0.1, -0.05) is 26.7 Å². The van der Waals surface area contributed by atoms with Crippen LogP contribution in [0.15, 0.2) is 0 Å². The highest BCUT2D eigenvalue weighted by Crippen LogP contribution is 2.22. The van der Waals surface area contributed by atoms with Crippen LogP contribution in [-0.2, 0) is 0 Å². The zero-order valence-electron chi connectivity index (χ0n) is 12.8. The molecular weight excluding hydrogens is 220 g/mol. The van der Waals surface area contributed by atoms with Crippen LogP contribution >= 0.6 is 0 Å². The maximum absolute atomic E-state index is 5.71. The second-order valence-electron chi connectivity index (χ2n) is 6.46. The molecule has 0 aromatic carbocycles. The molecule has 2 N–H and O–H groups in total. The molecule has 1 saturated heterocycles. The Balaban J connectivity index is 2.25. The molecule has 2 heteroatoms. The summed E-state index contributed by atoms with van der Waals surface area (Å²) in [7, 11) is 0. The number of rotatable bonds is 7. The van der Waals surface area contributed by atoms with Crippen LogP contribution in [0.5, 0.6) is 0 Å². The Labute approximate surface area is 114 Å². The topological polar surface area (TPSA) is 29.3 Å². The summed E-state index contributed by atoms with van der Waals surface area (Å²) in [6.07, 6.45) is 9.58. The molecule has 2 unspecified atom stereocenters. The standard InChI is InChI=1S/C16H34N2/c1-14(2)16(10-11-17)9-7-13-18-12-6-4-5-8-15(18)3/h14-16H,4-13,17H2,1-3H3. The quantitative estimate of drug-likeness (QED) is 0.751. The third-order valence-electron chi connectivity index (χ3n) is 4.69. The van der Waals surface area contributed by atoms with E-state index >= 15 is 0 Å². The SMILES string of the molecule is CC(C)C(CCN)CCCN1CCCCCC1C. The summed E-state index contributed by atoms with van der Waals surface area (Å²) >= 11 is 0. The molecular formula is C16H34N2. The number of likely N-dealkylation sites (tertiary alicyclic amines) is 1. The first-order valence-electron chi connectivity index (χ1n) is 8.09. The van der Waals surface area contributed by atoms with Crippen molar-refractivity contribution in [3.8, 4) is 0 Å². The van der Waals surface area contributed by atoms with Crippen LogP contribution < -0.4 is 5.73 Å². The molecule has 108 valence electrons. The average molecular weight is 254 g/mol. The van der Waals surface area contributed by atoms with E-state index in [0.717, 1.165) is 24.4 Å². The summed E-state index contributed by atoms with van der Waals surface area (Å²) in [5, 5.41) is 0. The Bertz CT molecular complexity index is 203. The molecule has 1 fully saturated rings. The first kappa shape index (κ1) is 16.0. The average Bonchev–Trinajstić information content (AvgIpc) is 2.53. The number of nitrogens with two attached hydrogens (primary N) is 1. The van der Waals surface area contributed by atoms with Gasteiger partial charge >= 0.3 is 0 Å². The lowest BCUT2D eigenvalue weighted by atomic mass is 9.88. The fourth-order valence-corrected chi connectivity index (χ4v) is 3.25. The van der Waals surface area contributed by atoms with Gasteiger partial charge in [-0.3, -0.25) is 0 Å². The minimum absolute atomic E-state index is 0.787. The van der Waals surface area contributed by atoms with Crippen molar-refractivity contribution in [2.45, 2.75) is 71.8 Å². The zero-order valence-corrected chi connectivity index (χ0v) is 12.8.